The fourth-order valence-corrected chi connectivity index (χ4v) is 2.07. The number of nitrogens with zero attached hydrogens (tertiary/aromatic N) is 1. The molecule has 100 valence electrons. The zero-order valence-electron chi connectivity index (χ0n) is 11.3. The standard InChI is InChI=1S/C14H22N2O2/c1-10(2)17-12-5-4-7-16-14(12)18-13-9-15-8-6-11(13)3/h4-5,7,10-11,13,15H,6,8-9H2,1-3H3. The largest absolute Gasteiger partial charge is 0.485 e. The summed E-state index contributed by atoms with van der Waals surface area (Å²) < 4.78 is 11.7. The molecule has 1 saturated heterocycles. The van der Waals surface area contributed by atoms with Crippen molar-refractivity contribution in [1.29, 1.82) is 0 Å². The van der Waals surface area contributed by atoms with Crippen molar-refractivity contribution >= 4 is 0 Å². The maximum Gasteiger partial charge on any atom is 0.257 e. The van der Waals surface area contributed by atoms with E-state index in [-0.39, 0.29) is 12.2 Å². The third-order valence-corrected chi connectivity index (χ3v) is 3.12. The van der Waals surface area contributed by atoms with Crippen LogP contribution in [0.25, 0.3) is 0 Å². The molecule has 1 aliphatic rings. The molecule has 0 aromatic carbocycles. The van der Waals surface area contributed by atoms with Crippen LogP contribution < -0.4 is 14.8 Å². The monoisotopic (exact) mass is 250 g/mol. The van der Waals surface area contributed by atoms with Crippen molar-refractivity contribution in [3.05, 3.63) is 18.3 Å². The second kappa shape index (κ2) is 6.05. The smallest absolute Gasteiger partial charge is 0.257 e. The Kier molecular flexibility index (Phi) is 4.42. The number of rotatable bonds is 4. The van der Waals surface area contributed by atoms with Gasteiger partial charge in [0.2, 0.25) is 0 Å². The fourth-order valence-electron chi connectivity index (χ4n) is 2.07. The SMILES string of the molecule is CC(C)Oc1cccnc1OC1CNCCC1C. The molecule has 18 heavy (non-hydrogen) atoms. The summed E-state index contributed by atoms with van der Waals surface area (Å²) in [7, 11) is 0. The van der Waals surface area contributed by atoms with Crippen LogP contribution in [0.3, 0.4) is 0 Å². The third-order valence-electron chi connectivity index (χ3n) is 3.12. The Morgan fingerprint density at radius 1 is 1.44 bits per heavy atom. The van der Waals surface area contributed by atoms with Gasteiger partial charge in [0, 0.05) is 12.7 Å². The van der Waals surface area contributed by atoms with Crippen molar-refractivity contribution in [3.63, 3.8) is 0 Å². The van der Waals surface area contributed by atoms with E-state index in [1.807, 2.05) is 26.0 Å². The first-order valence-electron chi connectivity index (χ1n) is 6.66. The van der Waals surface area contributed by atoms with Crippen LogP contribution in [-0.2, 0) is 0 Å². The summed E-state index contributed by atoms with van der Waals surface area (Å²) in [6.45, 7) is 8.16. The molecule has 0 radical (unpaired) electrons. The molecule has 2 atom stereocenters. The van der Waals surface area contributed by atoms with Crippen molar-refractivity contribution in [3.8, 4) is 11.6 Å². The van der Waals surface area contributed by atoms with Gasteiger partial charge in [0.25, 0.3) is 5.88 Å². The van der Waals surface area contributed by atoms with Gasteiger partial charge in [0.15, 0.2) is 5.75 Å². The van der Waals surface area contributed by atoms with Crippen molar-refractivity contribution in [2.75, 3.05) is 13.1 Å². The fraction of sp³-hybridized carbons (Fsp3) is 0.643. The highest BCUT2D eigenvalue weighted by molar-refractivity contribution is 5.33. The highest BCUT2D eigenvalue weighted by atomic mass is 16.5. The first-order chi connectivity index (χ1) is 8.66. The maximum absolute atomic E-state index is 6.00. The van der Waals surface area contributed by atoms with Gasteiger partial charge in [-0.15, -0.1) is 0 Å². The van der Waals surface area contributed by atoms with Gasteiger partial charge < -0.3 is 14.8 Å². The number of piperidine rings is 1. The Labute approximate surface area is 109 Å². The van der Waals surface area contributed by atoms with E-state index in [2.05, 4.69) is 17.2 Å². The topological polar surface area (TPSA) is 43.4 Å². The number of nitrogens with one attached hydrogen (secondary N) is 1. The van der Waals surface area contributed by atoms with Crippen LogP contribution in [0, 0.1) is 5.92 Å². The lowest BCUT2D eigenvalue weighted by atomic mass is 9.97. The van der Waals surface area contributed by atoms with Gasteiger partial charge in [0.1, 0.15) is 6.10 Å². The molecule has 4 heteroatoms. The van der Waals surface area contributed by atoms with Crippen LogP contribution in [0.5, 0.6) is 11.6 Å². The number of hydrogen-bond acceptors (Lipinski definition) is 4. The molecular formula is C14H22N2O2. The van der Waals surface area contributed by atoms with Gasteiger partial charge in [-0.25, -0.2) is 4.98 Å². The molecule has 1 aromatic heterocycles. The van der Waals surface area contributed by atoms with Gasteiger partial charge in [-0.1, -0.05) is 6.92 Å². The van der Waals surface area contributed by atoms with E-state index in [1.54, 1.807) is 6.20 Å². The maximum atomic E-state index is 6.00. The third kappa shape index (κ3) is 3.35. The summed E-state index contributed by atoms with van der Waals surface area (Å²) in [6, 6.07) is 3.77. The Bertz CT molecular complexity index is 382. The predicted molar refractivity (Wildman–Crippen MR) is 71.1 cm³/mol. The van der Waals surface area contributed by atoms with Crippen molar-refractivity contribution in [2.45, 2.75) is 39.4 Å². The molecule has 0 saturated carbocycles. The quantitative estimate of drug-likeness (QED) is 0.890. The van der Waals surface area contributed by atoms with Crippen molar-refractivity contribution in [1.82, 2.24) is 10.3 Å². The minimum absolute atomic E-state index is 0.124. The summed E-state index contributed by atoms with van der Waals surface area (Å²) in [5.41, 5.74) is 0. The molecule has 1 aromatic rings. The van der Waals surface area contributed by atoms with Crippen molar-refractivity contribution in [2.24, 2.45) is 5.92 Å². The zero-order chi connectivity index (χ0) is 13.0. The summed E-state index contributed by atoms with van der Waals surface area (Å²) in [5.74, 6) is 1.87. The van der Waals surface area contributed by atoms with Crippen LogP contribution in [0.15, 0.2) is 18.3 Å². The van der Waals surface area contributed by atoms with E-state index in [9.17, 15) is 0 Å². The van der Waals surface area contributed by atoms with Gasteiger partial charge >= 0.3 is 0 Å². The molecule has 0 amide bonds. The molecule has 0 aliphatic carbocycles. The molecule has 1 fully saturated rings. The summed E-state index contributed by atoms with van der Waals surface area (Å²) in [5, 5.41) is 3.35. The molecule has 0 spiro atoms. The van der Waals surface area contributed by atoms with Crippen molar-refractivity contribution < 1.29 is 9.47 Å². The Morgan fingerprint density at radius 3 is 3.00 bits per heavy atom. The first kappa shape index (κ1) is 13.1. The van der Waals surface area contributed by atoms with E-state index in [0.29, 0.717) is 11.8 Å². The molecule has 1 N–H and O–H groups in total. The molecule has 0 bridgehead atoms. The second-order valence-electron chi connectivity index (χ2n) is 5.10. The molecule has 2 rings (SSSR count). The molecule has 2 heterocycles. The average molecular weight is 250 g/mol. The number of hydrogen-bond donors (Lipinski definition) is 1. The zero-order valence-corrected chi connectivity index (χ0v) is 11.3. The number of aromatic nitrogens is 1. The lowest BCUT2D eigenvalue weighted by molar-refractivity contribution is 0.101. The van der Waals surface area contributed by atoms with Crippen LogP contribution in [0.2, 0.25) is 0 Å². The van der Waals surface area contributed by atoms with E-state index in [4.69, 9.17) is 9.47 Å². The summed E-state index contributed by atoms with van der Waals surface area (Å²) in [4.78, 5) is 4.29. The van der Waals surface area contributed by atoms with Gasteiger partial charge in [0.05, 0.1) is 6.10 Å². The van der Waals surface area contributed by atoms with Gasteiger partial charge in [-0.3, -0.25) is 0 Å². The Balaban J connectivity index is 2.07. The van der Waals surface area contributed by atoms with E-state index >= 15 is 0 Å². The van der Waals surface area contributed by atoms with Gasteiger partial charge in [-0.05, 0) is 44.9 Å². The lowest BCUT2D eigenvalue weighted by Gasteiger charge is -2.30. The van der Waals surface area contributed by atoms with E-state index in [0.717, 1.165) is 25.3 Å². The van der Waals surface area contributed by atoms with E-state index < -0.39 is 0 Å². The summed E-state index contributed by atoms with van der Waals surface area (Å²) >= 11 is 0. The number of ether oxygens (including phenoxy) is 2. The van der Waals surface area contributed by atoms with Crippen LogP contribution >= 0.6 is 0 Å². The summed E-state index contributed by atoms with van der Waals surface area (Å²) in [6.07, 6.45) is 3.17. The van der Waals surface area contributed by atoms with Crippen LogP contribution in [-0.4, -0.2) is 30.3 Å². The highest BCUT2D eigenvalue weighted by Gasteiger charge is 2.24. The second-order valence-corrected chi connectivity index (χ2v) is 5.10. The molecule has 4 nitrogen and oxygen atoms in total. The van der Waals surface area contributed by atoms with Crippen LogP contribution in [0.1, 0.15) is 27.2 Å². The molecule has 1 aliphatic heterocycles. The molecular weight excluding hydrogens is 228 g/mol. The Hall–Kier alpha value is -1.29. The first-order valence-corrected chi connectivity index (χ1v) is 6.66. The minimum atomic E-state index is 0.124. The molecule has 2 unspecified atom stereocenters. The Morgan fingerprint density at radius 2 is 2.28 bits per heavy atom. The normalized spacial score (nSPS) is 24.0. The minimum Gasteiger partial charge on any atom is -0.485 e. The van der Waals surface area contributed by atoms with E-state index in [1.165, 1.54) is 0 Å². The van der Waals surface area contributed by atoms with Crippen LogP contribution in [0.4, 0.5) is 0 Å². The highest BCUT2D eigenvalue weighted by Crippen LogP contribution is 2.27. The van der Waals surface area contributed by atoms with Gasteiger partial charge in [-0.2, -0.15) is 0 Å². The number of pyridine rings is 1. The predicted octanol–water partition coefficient (Wildman–Crippen LogP) is 2.25. The lowest BCUT2D eigenvalue weighted by Crippen LogP contribution is -2.43. The average Bonchev–Trinajstić information content (AvgIpc) is 2.34.